The lowest BCUT2D eigenvalue weighted by Crippen LogP contribution is -2.51. The maximum Gasteiger partial charge on any atom is 0.319 e. The number of halogens is 2. The van der Waals surface area contributed by atoms with Crippen molar-refractivity contribution in [2.45, 2.75) is 75.0 Å². The smallest absolute Gasteiger partial charge is 0.319 e. The van der Waals surface area contributed by atoms with Crippen LogP contribution in [0.4, 0.5) is 14.6 Å². The summed E-state index contributed by atoms with van der Waals surface area (Å²) in [5.41, 5.74) is 0.0106. The Morgan fingerprint density at radius 2 is 1.88 bits per heavy atom. The molecular weight excluding hydrogens is 626 g/mol. The molecule has 0 radical (unpaired) electrons. The number of phenols is 1. The molecule has 2 bridgehead atoms. The van der Waals surface area contributed by atoms with E-state index in [9.17, 15) is 9.50 Å². The first-order chi connectivity index (χ1) is 23.9. The summed E-state index contributed by atoms with van der Waals surface area (Å²) in [6.45, 7) is 4.48. The average molecular weight is 667 g/mol. The topological polar surface area (TPSA) is 95.9 Å². The maximum absolute atomic E-state index is 16.9. The number of fused-ring (bicyclic) bond motifs is 5. The lowest BCUT2D eigenvalue weighted by Gasteiger charge is -2.35. The minimum Gasteiger partial charge on any atom is -0.508 e. The number of rotatable bonds is 9. The van der Waals surface area contributed by atoms with E-state index >= 15 is 4.39 Å². The summed E-state index contributed by atoms with van der Waals surface area (Å²) in [6, 6.07) is 6.73. The van der Waals surface area contributed by atoms with Gasteiger partial charge in [-0.25, -0.2) is 8.78 Å². The summed E-state index contributed by atoms with van der Waals surface area (Å²) in [4.78, 5) is 18.9. The molecular formula is C38H40F2N6O3. The predicted molar refractivity (Wildman–Crippen MR) is 183 cm³/mol. The Kier molecular flexibility index (Phi) is 7.60. The molecule has 2 aromatic carbocycles. The summed E-state index contributed by atoms with van der Waals surface area (Å²) >= 11 is 0. The maximum atomic E-state index is 16.9. The van der Waals surface area contributed by atoms with Crippen molar-refractivity contribution in [2.75, 3.05) is 44.4 Å². The predicted octanol–water partition coefficient (Wildman–Crippen LogP) is 5.55. The van der Waals surface area contributed by atoms with Gasteiger partial charge in [0.2, 0.25) is 0 Å². The summed E-state index contributed by atoms with van der Waals surface area (Å²) in [6.07, 6.45) is 16.2. The first-order valence-corrected chi connectivity index (χ1v) is 17.7. The third-order valence-corrected chi connectivity index (χ3v) is 11.5. The second kappa shape index (κ2) is 12.0. The molecule has 6 heterocycles. The highest BCUT2D eigenvalue weighted by Gasteiger charge is 2.50. The van der Waals surface area contributed by atoms with Gasteiger partial charge in [-0.15, -0.1) is 6.42 Å². The van der Waals surface area contributed by atoms with Gasteiger partial charge in [0.1, 0.15) is 35.2 Å². The van der Waals surface area contributed by atoms with Crippen LogP contribution in [0.5, 0.6) is 11.8 Å². The minimum absolute atomic E-state index is 0.0225. The van der Waals surface area contributed by atoms with Crippen LogP contribution in [0, 0.1) is 29.9 Å². The van der Waals surface area contributed by atoms with Gasteiger partial charge in [0.25, 0.3) is 0 Å². The molecule has 1 saturated carbocycles. The number of benzene rings is 2. The van der Waals surface area contributed by atoms with Crippen LogP contribution in [0.1, 0.15) is 56.9 Å². The second-order valence-corrected chi connectivity index (χ2v) is 14.7. The van der Waals surface area contributed by atoms with Crippen molar-refractivity contribution in [3.8, 4) is 35.4 Å². The molecule has 5 aliphatic rings. The minimum atomic E-state index is -0.711. The number of anilines is 1. The van der Waals surface area contributed by atoms with E-state index in [1.165, 1.54) is 37.1 Å². The highest BCUT2D eigenvalue weighted by Crippen LogP contribution is 2.44. The van der Waals surface area contributed by atoms with Gasteiger partial charge >= 0.3 is 6.01 Å². The molecule has 1 aliphatic carbocycles. The summed E-state index contributed by atoms with van der Waals surface area (Å²) in [5.74, 6) is 2.30. The fourth-order valence-electron chi connectivity index (χ4n) is 8.88. The van der Waals surface area contributed by atoms with Gasteiger partial charge in [-0.2, -0.15) is 9.97 Å². The molecule has 2 N–H and O–H groups in total. The summed E-state index contributed by atoms with van der Waals surface area (Å²) in [5, 5.41) is 15.5. The van der Waals surface area contributed by atoms with Crippen molar-refractivity contribution in [3.05, 3.63) is 47.7 Å². The zero-order valence-corrected chi connectivity index (χ0v) is 27.4. The van der Waals surface area contributed by atoms with Gasteiger partial charge in [-0.3, -0.25) is 9.88 Å². The Hall–Kier alpha value is -4.11. The van der Waals surface area contributed by atoms with E-state index in [1.807, 2.05) is 0 Å². The van der Waals surface area contributed by atoms with Crippen molar-refractivity contribution in [1.29, 1.82) is 0 Å². The number of pyridine rings is 1. The van der Waals surface area contributed by atoms with Crippen molar-refractivity contribution < 1.29 is 23.4 Å². The van der Waals surface area contributed by atoms with Crippen LogP contribution in [-0.4, -0.2) is 88.1 Å². The number of phenolic OH excluding ortho intramolecular Hbond substituents is 1. The number of nitrogens with one attached hydrogen (secondary N) is 1. The first kappa shape index (κ1) is 30.9. The SMILES string of the molecule is C#Cc1c(F)ccc2cc(O)cc(-c3ncc4c(N5C[C@H]6CC[C@@H](C5)N6)nc(OCC56CCCN5C(COCC5CC5)CC6)nc4c3F)c12. The fourth-order valence-corrected chi connectivity index (χ4v) is 8.88. The largest absolute Gasteiger partial charge is 0.508 e. The van der Waals surface area contributed by atoms with Crippen molar-refractivity contribution in [3.63, 3.8) is 0 Å². The fraction of sp³-hybridized carbons (Fsp3) is 0.500. The van der Waals surface area contributed by atoms with Gasteiger partial charge in [-0.1, -0.05) is 12.0 Å². The molecule has 4 aliphatic heterocycles. The normalized spacial score (nSPS) is 26.5. The molecule has 2 aromatic heterocycles. The van der Waals surface area contributed by atoms with E-state index in [1.54, 1.807) is 6.20 Å². The zero-order chi connectivity index (χ0) is 33.3. The molecule has 9 nitrogen and oxygen atoms in total. The summed E-state index contributed by atoms with van der Waals surface area (Å²) in [7, 11) is 0. The van der Waals surface area contributed by atoms with Crippen molar-refractivity contribution in [2.24, 2.45) is 5.92 Å². The Labute approximate surface area is 284 Å². The molecule has 4 saturated heterocycles. The molecule has 49 heavy (non-hydrogen) atoms. The van der Waals surface area contributed by atoms with Crippen LogP contribution < -0.4 is 15.0 Å². The van der Waals surface area contributed by atoms with Gasteiger partial charge in [0, 0.05) is 55.0 Å². The number of hydrogen-bond acceptors (Lipinski definition) is 9. The average Bonchev–Trinajstić information content (AvgIpc) is 3.60. The van der Waals surface area contributed by atoms with Crippen molar-refractivity contribution in [1.82, 2.24) is 25.2 Å². The highest BCUT2D eigenvalue weighted by atomic mass is 19.1. The molecule has 11 heteroatoms. The Morgan fingerprint density at radius 1 is 1.04 bits per heavy atom. The standard InChI is InChI=1S/C38H40F2N6O3/c1-2-28-31(39)9-6-23-14-27(47)15-29(32(23)28)34-33(40)35-30(16-41-34)36(45-17-24-7-8-25(18-45)42-24)44-37(43-35)49-21-38-11-3-13-46(38)26(10-12-38)20-48-19-22-4-5-22/h1,6,9,14-16,22,24-26,42,47H,3-5,7-8,10-13,17-21H2/t24-,25+,26?,38?. The number of hydrogen-bond donors (Lipinski definition) is 2. The van der Waals surface area contributed by atoms with E-state index < -0.39 is 11.6 Å². The number of aromatic nitrogens is 3. The monoisotopic (exact) mass is 666 g/mol. The van der Waals surface area contributed by atoms with Crippen molar-refractivity contribution >= 4 is 27.5 Å². The van der Waals surface area contributed by atoms with E-state index in [4.69, 9.17) is 20.9 Å². The number of nitrogens with zero attached hydrogens (tertiary/aromatic N) is 5. The van der Waals surface area contributed by atoms with Gasteiger partial charge in [-0.05, 0) is 87.4 Å². The van der Waals surface area contributed by atoms with Crippen LogP contribution in [0.25, 0.3) is 32.9 Å². The molecule has 9 rings (SSSR count). The molecule has 4 atom stereocenters. The Morgan fingerprint density at radius 3 is 2.67 bits per heavy atom. The third kappa shape index (κ3) is 5.45. The number of aromatic hydroxyl groups is 1. The molecule has 5 fully saturated rings. The van der Waals surface area contributed by atoms with Crippen LogP contribution in [0.3, 0.4) is 0 Å². The quantitative estimate of drug-likeness (QED) is 0.223. The second-order valence-electron chi connectivity index (χ2n) is 14.7. The molecule has 0 amide bonds. The Bertz CT molecular complexity index is 1990. The highest BCUT2D eigenvalue weighted by molar-refractivity contribution is 6.03. The van der Waals surface area contributed by atoms with Crippen LogP contribution in [0.2, 0.25) is 0 Å². The molecule has 4 aromatic rings. The van der Waals surface area contributed by atoms with Crippen LogP contribution >= 0.6 is 0 Å². The lowest BCUT2D eigenvalue weighted by molar-refractivity contribution is 0.0334. The van der Waals surface area contributed by atoms with E-state index in [0.717, 1.165) is 77.3 Å². The first-order valence-electron chi connectivity index (χ1n) is 17.7. The van der Waals surface area contributed by atoms with E-state index in [2.05, 4.69) is 31.0 Å². The zero-order valence-electron chi connectivity index (χ0n) is 27.4. The molecule has 0 spiro atoms. The number of piperazine rings is 1. The Balaban J connectivity index is 1.10. The van der Waals surface area contributed by atoms with Gasteiger partial charge < -0.3 is 24.8 Å². The van der Waals surface area contributed by atoms with Crippen LogP contribution in [0.15, 0.2) is 30.5 Å². The number of terminal acetylenes is 1. The van der Waals surface area contributed by atoms with Gasteiger partial charge in [0.05, 0.1) is 23.1 Å². The van der Waals surface area contributed by atoms with E-state index in [0.29, 0.717) is 46.7 Å². The lowest BCUT2D eigenvalue weighted by atomic mass is 9.95. The van der Waals surface area contributed by atoms with Gasteiger partial charge in [0.15, 0.2) is 5.82 Å². The van der Waals surface area contributed by atoms with E-state index in [-0.39, 0.29) is 39.6 Å². The number of ether oxygens (including phenoxy) is 2. The molecule has 254 valence electrons. The van der Waals surface area contributed by atoms with Crippen LogP contribution in [-0.2, 0) is 4.74 Å². The summed E-state index contributed by atoms with van der Waals surface area (Å²) < 4.78 is 44.4. The third-order valence-electron chi connectivity index (χ3n) is 11.5. The molecule has 2 unspecified atom stereocenters.